The van der Waals surface area contributed by atoms with Crippen LogP contribution in [0.25, 0.3) is 0 Å². The van der Waals surface area contributed by atoms with Crippen molar-refractivity contribution in [1.29, 1.82) is 0 Å². The summed E-state index contributed by atoms with van der Waals surface area (Å²) in [5.41, 5.74) is 0.837. The van der Waals surface area contributed by atoms with E-state index in [-0.39, 0.29) is 19.0 Å². The molecule has 1 heterocycles. The summed E-state index contributed by atoms with van der Waals surface area (Å²) in [6, 6.07) is 0. The van der Waals surface area contributed by atoms with Gasteiger partial charge >= 0.3 is 5.97 Å². The number of carboxylic acid groups (broad SMARTS) is 1. The highest BCUT2D eigenvalue weighted by Crippen LogP contribution is 2.14. The van der Waals surface area contributed by atoms with E-state index in [4.69, 9.17) is 5.11 Å². The number of carbonyl (C=O) groups excluding carboxylic acids is 1. The highest BCUT2D eigenvalue weighted by molar-refractivity contribution is 7.13. The third kappa shape index (κ3) is 5.07. The van der Waals surface area contributed by atoms with Gasteiger partial charge in [0.1, 0.15) is 0 Å². The van der Waals surface area contributed by atoms with Crippen molar-refractivity contribution in [2.45, 2.75) is 6.92 Å². The van der Waals surface area contributed by atoms with Gasteiger partial charge in [-0.2, -0.15) is 0 Å². The number of hydrogen-bond acceptors (Lipinski definition) is 5. The van der Waals surface area contributed by atoms with Crippen LogP contribution in [0.1, 0.15) is 5.69 Å². The van der Waals surface area contributed by atoms with Crippen LogP contribution in [0, 0.1) is 6.92 Å². The number of aromatic nitrogens is 1. The minimum Gasteiger partial charge on any atom is -0.480 e. The summed E-state index contributed by atoms with van der Waals surface area (Å²) >= 11 is 1.33. The van der Waals surface area contributed by atoms with Crippen LogP contribution in [-0.4, -0.2) is 46.5 Å². The van der Waals surface area contributed by atoms with Gasteiger partial charge in [-0.3, -0.25) is 14.5 Å². The van der Waals surface area contributed by atoms with E-state index in [1.165, 1.54) is 16.2 Å². The number of nitrogens with zero attached hydrogens (tertiary/aromatic N) is 2. The predicted octanol–water partition coefficient (Wildman–Crippen LogP) is 0.963. The Hall–Kier alpha value is -1.73. The first-order chi connectivity index (χ1) is 8.51. The molecule has 0 aliphatic rings. The van der Waals surface area contributed by atoms with Gasteiger partial charge in [0.2, 0.25) is 5.91 Å². The summed E-state index contributed by atoms with van der Waals surface area (Å²) in [6.45, 7) is 5.50. The maximum Gasteiger partial charge on any atom is 0.317 e. The van der Waals surface area contributed by atoms with E-state index in [0.29, 0.717) is 11.7 Å². The molecule has 0 atom stereocenters. The molecule has 0 spiro atoms. The van der Waals surface area contributed by atoms with Crippen LogP contribution < -0.4 is 5.32 Å². The molecule has 1 aromatic rings. The number of hydrogen-bond donors (Lipinski definition) is 2. The summed E-state index contributed by atoms with van der Waals surface area (Å²) in [4.78, 5) is 27.9. The number of thiazole rings is 1. The molecule has 0 radical (unpaired) electrons. The van der Waals surface area contributed by atoms with Gasteiger partial charge in [0.15, 0.2) is 5.13 Å². The number of aliphatic carboxylic acids is 1. The van der Waals surface area contributed by atoms with Crippen molar-refractivity contribution in [2.75, 3.05) is 25.0 Å². The second-order valence-electron chi connectivity index (χ2n) is 3.69. The summed E-state index contributed by atoms with van der Waals surface area (Å²) in [5, 5.41) is 13.7. The molecule has 7 heteroatoms. The summed E-state index contributed by atoms with van der Waals surface area (Å²) in [7, 11) is 0. The number of aryl methyl sites for hydroxylation is 1. The van der Waals surface area contributed by atoms with Gasteiger partial charge in [0.05, 0.1) is 18.8 Å². The molecule has 18 heavy (non-hydrogen) atoms. The molecule has 1 rings (SSSR count). The minimum absolute atomic E-state index is 0.00303. The number of rotatable bonds is 7. The lowest BCUT2D eigenvalue weighted by Crippen LogP contribution is -2.36. The fraction of sp³-hybridized carbons (Fsp3) is 0.364. The van der Waals surface area contributed by atoms with Crippen LogP contribution in [0.2, 0.25) is 0 Å². The first-order valence-electron chi connectivity index (χ1n) is 5.28. The van der Waals surface area contributed by atoms with Crippen LogP contribution in [0.3, 0.4) is 0 Å². The highest BCUT2D eigenvalue weighted by atomic mass is 32.1. The summed E-state index contributed by atoms with van der Waals surface area (Å²) < 4.78 is 0. The number of carbonyl (C=O) groups is 2. The van der Waals surface area contributed by atoms with Gasteiger partial charge < -0.3 is 10.4 Å². The molecule has 0 aliphatic carbocycles. The van der Waals surface area contributed by atoms with E-state index in [2.05, 4.69) is 16.9 Å². The molecular weight excluding hydrogens is 254 g/mol. The zero-order valence-electron chi connectivity index (χ0n) is 10.0. The molecule has 1 amide bonds. The molecule has 0 saturated carbocycles. The number of anilines is 1. The second kappa shape index (κ2) is 6.87. The van der Waals surface area contributed by atoms with E-state index in [0.717, 1.165) is 5.69 Å². The Balaban J connectivity index is 2.50. The largest absolute Gasteiger partial charge is 0.480 e. The molecule has 0 unspecified atom stereocenters. The third-order valence-corrected chi connectivity index (χ3v) is 2.85. The lowest BCUT2D eigenvalue weighted by atomic mass is 10.4. The van der Waals surface area contributed by atoms with E-state index >= 15 is 0 Å². The van der Waals surface area contributed by atoms with E-state index in [1.807, 2.05) is 12.3 Å². The molecule has 0 bridgehead atoms. The van der Waals surface area contributed by atoms with Crippen LogP contribution in [-0.2, 0) is 9.59 Å². The molecule has 0 aromatic carbocycles. The smallest absolute Gasteiger partial charge is 0.317 e. The molecule has 6 nitrogen and oxygen atoms in total. The zero-order chi connectivity index (χ0) is 13.5. The SMILES string of the molecule is C=CCN(CC(=O)O)CC(=O)Nc1nc(C)cs1. The van der Waals surface area contributed by atoms with E-state index in [1.54, 1.807) is 6.08 Å². The topological polar surface area (TPSA) is 82.5 Å². The zero-order valence-corrected chi connectivity index (χ0v) is 10.9. The molecular formula is C11H15N3O3S. The first-order valence-corrected chi connectivity index (χ1v) is 6.16. The predicted molar refractivity (Wildman–Crippen MR) is 69.8 cm³/mol. The molecule has 0 fully saturated rings. The van der Waals surface area contributed by atoms with Crippen molar-refractivity contribution in [1.82, 2.24) is 9.88 Å². The van der Waals surface area contributed by atoms with Crippen LogP contribution in [0.15, 0.2) is 18.0 Å². The molecule has 98 valence electrons. The monoisotopic (exact) mass is 269 g/mol. The highest BCUT2D eigenvalue weighted by Gasteiger charge is 2.13. The molecule has 0 aliphatic heterocycles. The van der Waals surface area contributed by atoms with Gasteiger partial charge in [0.25, 0.3) is 0 Å². The van der Waals surface area contributed by atoms with Gasteiger partial charge in [-0.1, -0.05) is 6.08 Å². The minimum atomic E-state index is -0.977. The van der Waals surface area contributed by atoms with Gasteiger partial charge in [-0.25, -0.2) is 4.98 Å². The van der Waals surface area contributed by atoms with Crippen molar-refractivity contribution in [2.24, 2.45) is 0 Å². The van der Waals surface area contributed by atoms with Crippen LogP contribution in [0.5, 0.6) is 0 Å². The fourth-order valence-corrected chi connectivity index (χ4v) is 2.04. The molecule has 0 saturated heterocycles. The van der Waals surface area contributed by atoms with Gasteiger partial charge in [0, 0.05) is 11.9 Å². The quantitative estimate of drug-likeness (QED) is 0.720. The van der Waals surface area contributed by atoms with Crippen molar-refractivity contribution >= 4 is 28.3 Å². The Bertz CT molecular complexity index is 444. The number of carboxylic acids is 1. The Labute approximate surface area is 109 Å². The van der Waals surface area contributed by atoms with Crippen molar-refractivity contribution < 1.29 is 14.7 Å². The average molecular weight is 269 g/mol. The second-order valence-corrected chi connectivity index (χ2v) is 4.55. The van der Waals surface area contributed by atoms with E-state index < -0.39 is 5.97 Å². The fourth-order valence-electron chi connectivity index (χ4n) is 1.33. The van der Waals surface area contributed by atoms with Crippen molar-refractivity contribution in [3.63, 3.8) is 0 Å². The van der Waals surface area contributed by atoms with Gasteiger partial charge in [-0.15, -0.1) is 17.9 Å². The van der Waals surface area contributed by atoms with Crippen molar-refractivity contribution in [3.05, 3.63) is 23.7 Å². The summed E-state index contributed by atoms with van der Waals surface area (Å²) in [5.74, 6) is -1.26. The molecule has 2 N–H and O–H groups in total. The van der Waals surface area contributed by atoms with Gasteiger partial charge in [-0.05, 0) is 6.92 Å². The number of nitrogens with one attached hydrogen (secondary N) is 1. The third-order valence-electron chi connectivity index (χ3n) is 1.98. The Morgan fingerprint density at radius 3 is 2.83 bits per heavy atom. The normalized spacial score (nSPS) is 10.3. The standard InChI is InChI=1S/C11H15N3O3S/c1-3-4-14(6-10(16)17)5-9(15)13-11-12-8(2)7-18-11/h3,7H,1,4-6H2,2H3,(H,16,17)(H,12,13,15). The maximum absolute atomic E-state index is 11.7. The lowest BCUT2D eigenvalue weighted by molar-refractivity contribution is -0.138. The van der Waals surface area contributed by atoms with Crippen LogP contribution in [0.4, 0.5) is 5.13 Å². The van der Waals surface area contributed by atoms with Crippen LogP contribution >= 0.6 is 11.3 Å². The number of amides is 1. The van der Waals surface area contributed by atoms with Crippen molar-refractivity contribution in [3.8, 4) is 0 Å². The first kappa shape index (κ1) is 14.3. The molecule has 1 aromatic heterocycles. The Morgan fingerprint density at radius 1 is 1.61 bits per heavy atom. The lowest BCUT2D eigenvalue weighted by Gasteiger charge is -2.16. The Kier molecular flexibility index (Phi) is 5.47. The maximum atomic E-state index is 11.7. The average Bonchev–Trinajstić information content (AvgIpc) is 2.62. The Morgan fingerprint density at radius 2 is 2.33 bits per heavy atom. The summed E-state index contributed by atoms with van der Waals surface area (Å²) in [6.07, 6.45) is 1.56. The van der Waals surface area contributed by atoms with E-state index in [9.17, 15) is 9.59 Å².